The number of aliphatic hydroxyl groups is 1. The van der Waals surface area contributed by atoms with E-state index in [1.807, 2.05) is 0 Å². The highest BCUT2D eigenvalue weighted by Crippen LogP contribution is 2.24. The van der Waals surface area contributed by atoms with Gasteiger partial charge in [-0.15, -0.1) is 0 Å². The summed E-state index contributed by atoms with van der Waals surface area (Å²) in [5, 5.41) is 12.7. The quantitative estimate of drug-likeness (QED) is 0.651. The smallest absolute Gasteiger partial charge is 0.0591 e. The van der Waals surface area contributed by atoms with Crippen LogP contribution in [0.4, 0.5) is 0 Å². The van der Waals surface area contributed by atoms with Crippen molar-refractivity contribution in [3.63, 3.8) is 0 Å². The molecule has 0 aromatic carbocycles. The van der Waals surface area contributed by atoms with Crippen molar-refractivity contribution in [2.45, 2.75) is 26.8 Å². The van der Waals surface area contributed by atoms with Crippen LogP contribution in [0.25, 0.3) is 0 Å². The van der Waals surface area contributed by atoms with E-state index in [1.165, 1.54) is 0 Å². The third-order valence-corrected chi connectivity index (χ3v) is 2.76. The van der Waals surface area contributed by atoms with Gasteiger partial charge in [-0.2, -0.15) is 0 Å². The van der Waals surface area contributed by atoms with Gasteiger partial charge < -0.3 is 10.4 Å². The van der Waals surface area contributed by atoms with Crippen molar-refractivity contribution in [1.29, 1.82) is 0 Å². The Kier molecular flexibility index (Phi) is 3.71. The molecule has 1 aliphatic heterocycles. The standard InChI is InChI=1S/C10H22N2O/c1-10(2,3)9(8-13)12-6-4-11-5-7-12/h9,11,13H,4-8H2,1-3H3. The van der Waals surface area contributed by atoms with Gasteiger partial charge >= 0.3 is 0 Å². The molecule has 0 spiro atoms. The zero-order valence-corrected chi connectivity index (χ0v) is 9.01. The summed E-state index contributed by atoms with van der Waals surface area (Å²) in [6.45, 7) is 11.1. The summed E-state index contributed by atoms with van der Waals surface area (Å²) < 4.78 is 0. The molecule has 3 nitrogen and oxygen atoms in total. The zero-order chi connectivity index (χ0) is 9.90. The van der Waals surface area contributed by atoms with Crippen molar-refractivity contribution in [3.8, 4) is 0 Å². The number of aliphatic hydroxyl groups excluding tert-OH is 1. The minimum Gasteiger partial charge on any atom is -0.395 e. The summed E-state index contributed by atoms with van der Waals surface area (Å²) in [5.41, 5.74) is 0.173. The van der Waals surface area contributed by atoms with E-state index in [0.717, 1.165) is 26.2 Å². The second kappa shape index (κ2) is 4.40. The lowest BCUT2D eigenvalue weighted by Crippen LogP contribution is -2.54. The molecule has 0 radical (unpaired) electrons. The van der Waals surface area contributed by atoms with Crippen LogP contribution in [0.1, 0.15) is 20.8 Å². The maximum absolute atomic E-state index is 9.35. The van der Waals surface area contributed by atoms with Crippen molar-refractivity contribution in [3.05, 3.63) is 0 Å². The maximum atomic E-state index is 9.35. The molecule has 0 aromatic heterocycles. The highest BCUT2D eigenvalue weighted by atomic mass is 16.3. The number of rotatable bonds is 2. The van der Waals surface area contributed by atoms with E-state index in [-0.39, 0.29) is 12.0 Å². The Hall–Kier alpha value is -0.120. The van der Waals surface area contributed by atoms with Crippen LogP contribution in [0, 0.1) is 5.41 Å². The lowest BCUT2D eigenvalue weighted by Gasteiger charge is -2.41. The molecule has 0 amide bonds. The maximum Gasteiger partial charge on any atom is 0.0591 e. The van der Waals surface area contributed by atoms with Gasteiger partial charge in [-0.1, -0.05) is 20.8 Å². The van der Waals surface area contributed by atoms with Gasteiger partial charge in [0.2, 0.25) is 0 Å². The Morgan fingerprint density at radius 3 is 2.23 bits per heavy atom. The molecule has 1 rings (SSSR count). The van der Waals surface area contributed by atoms with Gasteiger partial charge in [0, 0.05) is 32.2 Å². The van der Waals surface area contributed by atoms with Crippen LogP contribution in [0.3, 0.4) is 0 Å². The third-order valence-electron chi connectivity index (χ3n) is 2.76. The summed E-state index contributed by atoms with van der Waals surface area (Å²) in [6, 6.07) is 0.301. The fraction of sp³-hybridized carbons (Fsp3) is 1.00. The van der Waals surface area contributed by atoms with Crippen molar-refractivity contribution >= 4 is 0 Å². The Morgan fingerprint density at radius 1 is 1.31 bits per heavy atom. The monoisotopic (exact) mass is 186 g/mol. The topological polar surface area (TPSA) is 35.5 Å². The number of piperazine rings is 1. The van der Waals surface area contributed by atoms with Crippen molar-refractivity contribution < 1.29 is 5.11 Å². The van der Waals surface area contributed by atoms with Gasteiger partial charge in [0.05, 0.1) is 6.61 Å². The molecule has 1 heterocycles. The van der Waals surface area contributed by atoms with Crippen LogP contribution in [0.15, 0.2) is 0 Å². The Labute approximate surface area is 81.1 Å². The predicted octanol–water partition coefficient (Wildman–Crippen LogP) is 0.299. The Morgan fingerprint density at radius 2 is 1.85 bits per heavy atom. The molecule has 1 unspecified atom stereocenters. The summed E-state index contributed by atoms with van der Waals surface area (Å²) in [5.74, 6) is 0. The van der Waals surface area contributed by atoms with Crippen molar-refractivity contribution in [2.24, 2.45) is 5.41 Å². The zero-order valence-electron chi connectivity index (χ0n) is 9.01. The summed E-state index contributed by atoms with van der Waals surface area (Å²) >= 11 is 0. The minimum absolute atomic E-state index is 0.173. The van der Waals surface area contributed by atoms with Gasteiger partial charge in [0.15, 0.2) is 0 Å². The van der Waals surface area contributed by atoms with Gasteiger partial charge in [-0.05, 0) is 5.41 Å². The van der Waals surface area contributed by atoms with E-state index < -0.39 is 0 Å². The summed E-state index contributed by atoms with van der Waals surface area (Å²) in [4.78, 5) is 2.39. The van der Waals surface area contributed by atoms with E-state index in [1.54, 1.807) is 0 Å². The summed E-state index contributed by atoms with van der Waals surface area (Å²) in [7, 11) is 0. The third kappa shape index (κ3) is 2.93. The molecule has 1 saturated heterocycles. The van der Waals surface area contributed by atoms with Crippen LogP contribution >= 0.6 is 0 Å². The second-order valence-corrected chi connectivity index (χ2v) is 4.85. The van der Waals surface area contributed by atoms with E-state index in [2.05, 4.69) is 31.0 Å². The van der Waals surface area contributed by atoms with Gasteiger partial charge in [0.25, 0.3) is 0 Å². The van der Waals surface area contributed by atoms with Crippen LogP contribution < -0.4 is 5.32 Å². The molecule has 78 valence electrons. The van der Waals surface area contributed by atoms with E-state index in [0.29, 0.717) is 6.04 Å². The van der Waals surface area contributed by atoms with Crippen molar-refractivity contribution in [2.75, 3.05) is 32.8 Å². The van der Waals surface area contributed by atoms with Crippen LogP contribution in [-0.4, -0.2) is 48.8 Å². The minimum atomic E-state index is 0.173. The highest BCUT2D eigenvalue weighted by Gasteiger charge is 2.30. The first-order valence-electron chi connectivity index (χ1n) is 5.11. The number of nitrogens with one attached hydrogen (secondary N) is 1. The lowest BCUT2D eigenvalue weighted by molar-refractivity contribution is 0.0400. The molecule has 0 saturated carbocycles. The van der Waals surface area contributed by atoms with Crippen LogP contribution in [0.5, 0.6) is 0 Å². The Bertz CT molecular complexity index is 147. The molecule has 0 aliphatic carbocycles. The molecule has 13 heavy (non-hydrogen) atoms. The predicted molar refractivity (Wildman–Crippen MR) is 54.8 cm³/mol. The molecule has 1 fully saturated rings. The molecule has 1 atom stereocenters. The fourth-order valence-corrected chi connectivity index (χ4v) is 1.93. The first-order valence-corrected chi connectivity index (χ1v) is 5.11. The molecule has 0 bridgehead atoms. The van der Waals surface area contributed by atoms with Gasteiger partial charge in [0.1, 0.15) is 0 Å². The average molecular weight is 186 g/mol. The van der Waals surface area contributed by atoms with Crippen LogP contribution in [-0.2, 0) is 0 Å². The van der Waals surface area contributed by atoms with Crippen molar-refractivity contribution in [1.82, 2.24) is 10.2 Å². The van der Waals surface area contributed by atoms with E-state index in [9.17, 15) is 5.11 Å². The summed E-state index contributed by atoms with van der Waals surface area (Å²) in [6.07, 6.45) is 0. The second-order valence-electron chi connectivity index (χ2n) is 4.85. The molecule has 3 heteroatoms. The molecule has 1 aliphatic rings. The fourth-order valence-electron chi connectivity index (χ4n) is 1.93. The highest BCUT2D eigenvalue weighted by molar-refractivity contribution is 4.84. The number of hydrogen-bond acceptors (Lipinski definition) is 3. The van der Waals surface area contributed by atoms with Crippen LogP contribution in [0.2, 0.25) is 0 Å². The van der Waals surface area contributed by atoms with Gasteiger partial charge in [-0.25, -0.2) is 0 Å². The SMILES string of the molecule is CC(C)(C)C(CO)N1CCNCC1. The lowest BCUT2D eigenvalue weighted by atomic mass is 9.86. The molecular formula is C10H22N2O. The number of hydrogen-bond donors (Lipinski definition) is 2. The first kappa shape index (κ1) is 11.0. The van der Waals surface area contributed by atoms with Gasteiger partial charge in [-0.3, -0.25) is 4.90 Å². The van der Waals surface area contributed by atoms with E-state index in [4.69, 9.17) is 0 Å². The first-order chi connectivity index (χ1) is 6.05. The Balaban J connectivity index is 2.54. The number of nitrogens with zero attached hydrogens (tertiary/aromatic N) is 1. The normalized spacial score (nSPS) is 23.1. The molecular weight excluding hydrogens is 164 g/mol. The molecule has 2 N–H and O–H groups in total. The van der Waals surface area contributed by atoms with E-state index >= 15 is 0 Å². The molecule has 0 aromatic rings. The average Bonchev–Trinajstić information content (AvgIpc) is 2.05. The largest absolute Gasteiger partial charge is 0.395 e.